The van der Waals surface area contributed by atoms with Gasteiger partial charge in [0.15, 0.2) is 0 Å². The minimum atomic E-state index is -0.747. The first kappa shape index (κ1) is 14.1. The Balaban J connectivity index is 1.94. The molecule has 1 atom stereocenters. The Morgan fingerprint density at radius 3 is 2.47 bits per heavy atom. The number of aliphatic carboxylic acids is 1. The van der Waals surface area contributed by atoms with Crippen molar-refractivity contribution in [2.75, 3.05) is 32.7 Å². The predicted molar refractivity (Wildman–Crippen MR) is 72.2 cm³/mol. The van der Waals surface area contributed by atoms with Gasteiger partial charge in [0.05, 0.1) is 6.54 Å². The summed E-state index contributed by atoms with van der Waals surface area (Å²) in [5.41, 5.74) is 1.24. The SMILES string of the molecule is Cc1cc(C(C)N2CCN(CC(=O)O)CC2)c(C)o1. The van der Waals surface area contributed by atoms with E-state index in [1.165, 1.54) is 5.56 Å². The lowest BCUT2D eigenvalue weighted by Crippen LogP contribution is -2.48. The average molecular weight is 266 g/mol. The first-order valence-corrected chi connectivity index (χ1v) is 6.72. The Morgan fingerprint density at radius 2 is 2.00 bits per heavy atom. The van der Waals surface area contributed by atoms with Crippen LogP contribution in [0, 0.1) is 13.8 Å². The van der Waals surface area contributed by atoms with Gasteiger partial charge in [0.25, 0.3) is 0 Å². The Kier molecular flexibility index (Phi) is 4.27. The average Bonchev–Trinajstić information content (AvgIpc) is 2.68. The number of carboxylic acids is 1. The van der Waals surface area contributed by atoms with Crippen molar-refractivity contribution in [3.05, 3.63) is 23.2 Å². The lowest BCUT2D eigenvalue weighted by Gasteiger charge is -2.37. The zero-order valence-electron chi connectivity index (χ0n) is 11.8. The van der Waals surface area contributed by atoms with E-state index in [0.717, 1.165) is 37.7 Å². The van der Waals surface area contributed by atoms with Gasteiger partial charge in [-0.25, -0.2) is 0 Å². The van der Waals surface area contributed by atoms with Crippen LogP contribution in [0.25, 0.3) is 0 Å². The number of piperazine rings is 1. The van der Waals surface area contributed by atoms with Crippen LogP contribution >= 0.6 is 0 Å². The largest absolute Gasteiger partial charge is 0.480 e. The molecule has 0 aliphatic carbocycles. The molecule has 1 aliphatic rings. The molecule has 1 saturated heterocycles. The molecule has 1 aromatic heterocycles. The maximum absolute atomic E-state index is 10.7. The van der Waals surface area contributed by atoms with E-state index in [1.807, 2.05) is 18.7 Å². The first-order valence-electron chi connectivity index (χ1n) is 6.72. The summed E-state index contributed by atoms with van der Waals surface area (Å²) in [6.45, 7) is 9.72. The van der Waals surface area contributed by atoms with Gasteiger partial charge in [0, 0.05) is 37.8 Å². The molecule has 1 aromatic rings. The molecule has 5 heteroatoms. The molecular formula is C14H22N2O3. The third-order valence-electron chi connectivity index (χ3n) is 3.84. The highest BCUT2D eigenvalue weighted by molar-refractivity contribution is 5.69. The van der Waals surface area contributed by atoms with Crippen LogP contribution in [0.3, 0.4) is 0 Å². The lowest BCUT2D eigenvalue weighted by molar-refractivity contribution is -0.138. The fraction of sp³-hybridized carbons (Fsp3) is 0.643. The number of aryl methyl sites for hydroxylation is 2. The van der Waals surface area contributed by atoms with Crippen molar-refractivity contribution in [1.29, 1.82) is 0 Å². The summed E-state index contributed by atoms with van der Waals surface area (Å²) in [4.78, 5) is 15.1. The molecule has 1 unspecified atom stereocenters. The summed E-state index contributed by atoms with van der Waals surface area (Å²) in [7, 11) is 0. The highest BCUT2D eigenvalue weighted by atomic mass is 16.4. The molecule has 1 aliphatic heterocycles. The highest BCUT2D eigenvalue weighted by Gasteiger charge is 2.24. The molecule has 2 heterocycles. The van der Waals surface area contributed by atoms with Crippen LogP contribution in [-0.2, 0) is 4.79 Å². The summed E-state index contributed by atoms with van der Waals surface area (Å²) in [5, 5.41) is 8.79. The molecule has 1 fully saturated rings. The van der Waals surface area contributed by atoms with Crippen LogP contribution in [0.15, 0.2) is 10.5 Å². The van der Waals surface area contributed by atoms with Crippen molar-refractivity contribution >= 4 is 5.97 Å². The van der Waals surface area contributed by atoms with E-state index in [4.69, 9.17) is 9.52 Å². The number of nitrogens with zero attached hydrogens (tertiary/aromatic N) is 2. The third kappa shape index (κ3) is 3.36. The van der Waals surface area contributed by atoms with E-state index in [1.54, 1.807) is 0 Å². The normalized spacial score (nSPS) is 19.5. The van der Waals surface area contributed by atoms with Gasteiger partial charge in [-0.1, -0.05) is 0 Å². The molecule has 19 heavy (non-hydrogen) atoms. The smallest absolute Gasteiger partial charge is 0.317 e. The van der Waals surface area contributed by atoms with Gasteiger partial charge >= 0.3 is 5.97 Å². The van der Waals surface area contributed by atoms with Gasteiger partial charge in [-0.15, -0.1) is 0 Å². The Morgan fingerprint density at radius 1 is 1.37 bits per heavy atom. The van der Waals surface area contributed by atoms with Crippen molar-refractivity contribution in [2.45, 2.75) is 26.8 Å². The minimum absolute atomic E-state index is 0.145. The summed E-state index contributed by atoms with van der Waals surface area (Å²) < 4.78 is 5.59. The second-order valence-electron chi connectivity index (χ2n) is 5.25. The molecule has 0 saturated carbocycles. The third-order valence-corrected chi connectivity index (χ3v) is 3.84. The fourth-order valence-corrected chi connectivity index (χ4v) is 2.76. The number of hydrogen-bond acceptors (Lipinski definition) is 4. The van der Waals surface area contributed by atoms with Crippen molar-refractivity contribution in [2.24, 2.45) is 0 Å². The Bertz CT molecular complexity index is 448. The van der Waals surface area contributed by atoms with Crippen LogP contribution in [0.1, 0.15) is 30.0 Å². The number of rotatable bonds is 4. The second kappa shape index (κ2) is 5.75. The molecule has 5 nitrogen and oxygen atoms in total. The molecular weight excluding hydrogens is 244 g/mol. The van der Waals surface area contributed by atoms with E-state index in [0.29, 0.717) is 6.04 Å². The lowest BCUT2D eigenvalue weighted by atomic mass is 10.1. The van der Waals surface area contributed by atoms with Crippen LogP contribution in [0.2, 0.25) is 0 Å². The van der Waals surface area contributed by atoms with Crippen LogP contribution in [0.5, 0.6) is 0 Å². The van der Waals surface area contributed by atoms with E-state index in [9.17, 15) is 4.79 Å². The maximum Gasteiger partial charge on any atom is 0.317 e. The van der Waals surface area contributed by atoms with Gasteiger partial charge < -0.3 is 9.52 Å². The van der Waals surface area contributed by atoms with Crippen LogP contribution in [0.4, 0.5) is 0 Å². The number of hydrogen-bond donors (Lipinski definition) is 1. The zero-order valence-corrected chi connectivity index (χ0v) is 11.8. The van der Waals surface area contributed by atoms with Gasteiger partial charge in [-0.3, -0.25) is 14.6 Å². The molecule has 1 N–H and O–H groups in total. The van der Waals surface area contributed by atoms with Crippen molar-refractivity contribution in [3.8, 4) is 0 Å². The molecule has 0 radical (unpaired) electrons. The Labute approximate surface area is 113 Å². The van der Waals surface area contributed by atoms with E-state index in [-0.39, 0.29) is 6.54 Å². The summed E-state index contributed by atoms with van der Waals surface area (Å²) in [6, 6.07) is 2.42. The standard InChI is InChI=1S/C14H22N2O3/c1-10-8-13(12(3)19-10)11(2)16-6-4-15(5-7-16)9-14(17)18/h8,11H,4-7,9H2,1-3H3,(H,17,18). The summed E-state index contributed by atoms with van der Waals surface area (Å²) in [5.74, 6) is 1.18. The quantitative estimate of drug-likeness (QED) is 0.898. The van der Waals surface area contributed by atoms with Gasteiger partial charge in [-0.2, -0.15) is 0 Å². The van der Waals surface area contributed by atoms with Gasteiger partial charge in [0.1, 0.15) is 11.5 Å². The van der Waals surface area contributed by atoms with E-state index in [2.05, 4.69) is 17.9 Å². The molecule has 0 bridgehead atoms. The van der Waals surface area contributed by atoms with E-state index >= 15 is 0 Å². The first-order chi connectivity index (χ1) is 8.97. The van der Waals surface area contributed by atoms with Gasteiger partial charge in [0.2, 0.25) is 0 Å². The monoisotopic (exact) mass is 266 g/mol. The highest BCUT2D eigenvalue weighted by Crippen LogP contribution is 2.26. The predicted octanol–water partition coefficient (Wildman–Crippen LogP) is 1.66. The second-order valence-corrected chi connectivity index (χ2v) is 5.25. The van der Waals surface area contributed by atoms with Gasteiger partial charge in [-0.05, 0) is 26.8 Å². The van der Waals surface area contributed by atoms with Crippen LogP contribution in [-0.4, -0.2) is 53.6 Å². The number of carbonyl (C=O) groups is 1. The molecule has 0 aromatic carbocycles. The van der Waals surface area contributed by atoms with Crippen molar-refractivity contribution < 1.29 is 14.3 Å². The summed E-state index contributed by atoms with van der Waals surface area (Å²) in [6.07, 6.45) is 0. The summed E-state index contributed by atoms with van der Waals surface area (Å²) >= 11 is 0. The molecule has 0 amide bonds. The van der Waals surface area contributed by atoms with E-state index < -0.39 is 5.97 Å². The molecule has 0 spiro atoms. The zero-order chi connectivity index (χ0) is 14.0. The topological polar surface area (TPSA) is 56.9 Å². The maximum atomic E-state index is 10.7. The van der Waals surface area contributed by atoms with Crippen molar-refractivity contribution in [3.63, 3.8) is 0 Å². The molecule has 2 rings (SSSR count). The number of furan rings is 1. The Hall–Kier alpha value is -1.33. The minimum Gasteiger partial charge on any atom is -0.480 e. The fourth-order valence-electron chi connectivity index (χ4n) is 2.76. The van der Waals surface area contributed by atoms with Crippen LogP contribution < -0.4 is 0 Å². The van der Waals surface area contributed by atoms with Crippen molar-refractivity contribution in [1.82, 2.24) is 9.80 Å². The molecule has 106 valence electrons. The number of carboxylic acid groups (broad SMARTS) is 1.